The summed E-state index contributed by atoms with van der Waals surface area (Å²) in [7, 11) is 1.99. The summed E-state index contributed by atoms with van der Waals surface area (Å²) in [5.41, 5.74) is 1.15. The first kappa shape index (κ1) is 18.7. The van der Waals surface area contributed by atoms with Crippen molar-refractivity contribution in [2.45, 2.75) is 39.4 Å². The normalized spacial score (nSPS) is 21.1. The highest BCUT2D eigenvalue weighted by atomic mass is 16.5. The molecule has 5 nitrogen and oxygen atoms in total. The molecular weight excluding hydrogens is 304 g/mol. The minimum absolute atomic E-state index is 0.116. The van der Waals surface area contributed by atoms with Crippen LogP contribution in [0.4, 0.5) is 0 Å². The molecule has 1 aromatic rings. The predicted molar refractivity (Wildman–Crippen MR) is 95.4 cm³/mol. The van der Waals surface area contributed by atoms with Crippen molar-refractivity contribution in [2.24, 2.45) is 0 Å². The molecule has 1 heterocycles. The van der Waals surface area contributed by atoms with Gasteiger partial charge < -0.3 is 14.4 Å². The number of ether oxygens (including phenoxy) is 2. The highest BCUT2D eigenvalue weighted by molar-refractivity contribution is 5.78. The van der Waals surface area contributed by atoms with Gasteiger partial charge in [0.05, 0.1) is 25.4 Å². The van der Waals surface area contributed by atoms with Crippen LogP contribution in [0, 0.1) is 6.92 Å². The molecule has 0 aliphatic carbocycles. The quantitative estimate of drug-likeness (QED) is 0.718. The standard InChI is InChI=1S/C19H30N2O3/c1-15-8-5-6-9-18(15)23-11-7-10-20(4)14-19(22)21-12-16(2)24-17(3)13-21/h5-6,8-9,16-17H,7,10-14H2,1-4H3. The highest BCUT2D eigenvalue weighted by Gasteiger charge is 2.26. The zero-order valence-electron chi connectivity index (χ0n) is 15.3. The van der Waals surface area contributed by atoms with Gasteiger partial charge in [0.25, 0.3) is 0 Å². The molecule has 0 saturated carbocycles. The molecule has 134 valence electrons. The number of hydrogen-bond donors (Lipinski definition) is 0. The summed E-state index contributed by atoms with van der Waals surface area (Å²) in [5.74, 6) is 1.12. The van der Waals surface area contributed by atoms with Gasteiger partial charge in [-0.2, -0.15) is 0 Å². The molecule has 2 atom stereocenters. The van der Waals surface area contributed by atoms with Gasteiger partial charge in [0.2, 0.25) is 5.91 Å². The lowest BCUT2D eigenvalue weighted by atomic mass is 10.2. The minimum Gasteiger partial charge on any atom is -0.493 e. The van der Waals surface area contributed by atoms with Gasteiger partial charge in [0, 0.05) is 19.6 Å². The first-order valence-electron chi connectivity index (χ1n) is 8.76. The molecule has 0 aromatic heterocycles. The number of nitrogens with zero attached hydrogens (tertiary/aromatic N) is 2. The number of carbonyl (C=O) groups excluding carboxylic acids is 1. The summed E-state index contributed by atoms with van der Waals surface area (Å²) >= 11 is 0. The molecule has 1 aromatic carbocycles. The van der Waals surface area contributed by atoms with E-state index < -0.39 is 0 Å². The second kappa shape index (κ2) is 9.04. The van der Waals surface area contributed by atoms with Gasteiger partial charge in [0.15, 0.2) is 0 Å². The Labute approximate surface area is 145 Å². The number of hydrogen-bond acceptors (Lipinski definition) is 4. The average Bonchev–Trinajstić information content (AvgIpc) is 2.52. The number of benzene rings is 1. The Balaban J connectivity index is 1.66. The summed E-state index contributed by atoms with van der Waals surface area (Å²) in [4.78, 5) is 16.4. The maximum Gasteiger partial charge on any atom is 0.236 e. The Kier molecular flexibility index (Phi) is 7.06. The van der Waals surface area contributed by atoms with E-state index in [9.17, 15) is 4.79 Å². The zero-order valence-corrected chi connectivity index (χ0v) is 15.3. The molecule has 2 unspecified atom stereocenters. The fraction of sp³-hybridized carbons (Fsp3) is 0.632. The van der Waals surface area contributed by atoms with Gasteiger partial charge in [0.1, 0.15) is 5.75 Å². The van der Waals surface area contributed by atoms with Crippen molar-refractivity contribution >= 4 is 5.91 Å². The van der Waals surface area contributed by atoms with Gasteiger partial charge in [-0.1, -0.05) is 18.2 Å². The molecule has 2 rings (SSSR count). The van der Waals surface area contributed by atoms with E-state index in [0.717, 1.165) is 24.3 Å². The fourth-order valence-electron chi connectivity index (χ4n) is 3.03. The average molecular weight is 334 g/mol. The minimum atomic E-state index is 0.116. The van der Waals surface area contributed by atoms with Crippen molar-refractivity contribution in [1.82, 2.24) is 9.80 Å². The van der Waals surface area contributed by atoms with Crippen LogP contribution in [0.25, 0.3) is 0 Å². The smallest absolute Gasteiger partial charge is 0.236 e. The number of aryl methyl sites for hydroxylation is 1. The van der Waals surface area contributed by atoms with E-state index in [1.165, 1.54) is 0 Å². The number of rotatable bonds is 7. The second-order valence-corrected chi connectivity index (χ2v) is 6.76. The molecule has 1 fully saturated rings. The van der Waals surface area contributed by atoms with Crippen LogP contribution in [-0.4, -0.2) is 67.7 Å². The molecule has 5 heteroatoms. The summed E-state index contributed by atoms with van der Waals surface area (Å²) in [6, 6.07) is 8.03. The van der Waals surface area contributed by atoms with Crippen molar-refractivity contribution in [3.8, 4) is 5.75 Å². The number of carbonyl (C=O) groups is 1. The van der Waals surface area contributed by atoms with Crippen LogP contribution < -0.4 is 4.74 Å². The van der Waals surface area contributed by atoms with Crippen molar-refractivity contribution in [1.29, 1.82) is 0 Å². The van der Waals surface area contributed by atoms with Crippen LogP contribution in [0.3, 0.4) is 0 Å². The molecule has 1 saturated heterocycles. The van der Waals surface area contributed by atoms with Crippen LogP contribution in [0.1, 0.15) is 25.8 Å². The third-order valence-electron chi connectivity index (χ3n) is 4.21. The number of morpholine rings is 1. The van der Waals surface area contributed by atoms with Crippen molar-refractivity contribution < 1.29 is 14.3 Å². The molecule has 1 amide bonds. The molecule has 1 aliphatic rings. The molecule has 0 radical (unpaired) electrons. The summed E-state index contributed by atoms with van der Waals surface area (Å²) < 4.78 is 11.5. The van der Waals surface area contributed by atoms with Crippen molar-refractivity contribution in [3.63, 3.8) is 0 Å². The molecule has 1 aliphatic heterocycles. The maximum absolute atomic E-state index is 12.4. The first-order valence-corrected chi connectivity index (χ1v) is 8.76. The third kappa shape index (κ3) is 5.80. The van der Waals surface area contributed by atoms with Gasteiger partial charge >= 0.3 is 0 Å². The van der Waals surface area contributed by atoms with Crippen LogP contribution >= 0.6 is 0 Å². The SMILES string of the molecule is Cc1ccccc1OCCCN(C)CC(=O)N1CC(C)OC(C)C1. The number of para-hydroxylation sites is 1. The van der Waals surface area contributed by atoms with E-state index in [1.807, 2.05) is 57.0 Å². The van der Waals surface area contributed by atoms with Gasteiger partial charge in [-0.15, -0.1) is 0 Å². The molecular formula is C19H30N2O3. The highest BCUT2D eigenvalue weighted by Crippen LogP contribution is 2.16. The number of amides is 1. The topological polar surface area (TPSA) is 42.0 Å². The van der Waals surface area contributed by atoms with E-state index in [1.54, 1.807) is 0 Å². The Bertz CT molecular complexity index is 525. The lowest BCUT2D eigenvalue weighted by Crippen LogP contribution is -2.50. The van der Waals surface area contributed by atoms with E-state index in [-0.39, 0.29) is 18.1 Å². The fourth-order valence-corrected chi connectivity index (χ4v) is 3.03. The van der Waals surface area contributed by atoms with E-state index in [0.29, 0.717) is 26.2 Å². The van der Waals surface area contributed by atoms with E-state index >= 15 is 0 Å². The molecule has 0 N–H and O–H groups in total. The number of likely N-dealkylation sites (N-methyl/N-ethyl adjacent to an activating group) is 1. The maximum atomic E-state index is 12.4. The largest absolute Gasteiger partial charge is 0.493 e. The summed E-state index contributed by atoms with van der Waals surface area (Å²) in [5, 5.41) is 0. The van der Waals surface area contributed by atoms with E-state index in [4.69, 9.17) is 9.47 Å². The van der Waals surface area contributed by atoms with Crippen molar-refractivity contribution in [2.75, 3.05) is 39.8 Å². The predicted octanol–water partition coefficient (Wildman–Crippen LogP) is 2.33. The van der Waals surface area contributed by atoms with E-state index in [2.05, 4.69) is 4.90 Å². The lowest BCUT2D eigenvalue weighted by molar-refractivity contribution is -0.144. The Hall–Kier alpha value is -1.59. The molecule has 0 bridgehead atoms. The summed E-state index contributed by atoms with van der Waals surface area (Å²) in [6.07, 6.45) is 1.13. The Morgan fingerprint density at radius 2 is 1.96 bits per heavy atom. The second-order valence-electron chi connectivity index (χ2n) is 6.76. The third-order valence-corrected chi connectivity index (χ3v) is 4.21. The monoisotopic (exact) mass is 334 g/mol. The van der Waals surface area contributed by atoms with Gasteiger partial charge in [-0.05, 0) is 45.9 Å². The lowest BCUT2D eigenvalue weighted by Gasteiger charge is -2.36. The van der Waals surface area contributed by atoms with Crippen LogP contribution in [0.2, 0.25) is 0 Å². The Morgan fingerprint density at radius 3 is 2.62 bits per heavy atom. The van der Waals surface area contributed by atoms with Gasteiger partial charge in [-0.3, -0.25) is 9.69 Å². The molecule has 0 spiro atoms. The van der Waals surface area contributed by atoms with Gasteiger partial charge in [-0.25, -0.2) is 0 Å². The first-order chi connectivity index (χ1) is 11.5. The van der Waals surface area contributed by atoms with Crippen molar-refractivity contribution in [3.05, 3.63) is 29.8 Å². The zero-order chi connectivity index (χ0) is 17.5. The molecule has 24 heavy (non-hydrogen) atoms. The summed E-state index contributed by atoms with van der Waals surface area (Å²) in [6.45, 7) is 9.41. The Morgan fingerprint density at radius 1 is 1.29 bits per heavy atom. The van der Waals surface area contributed by atoms with Crippen LogP contribution in [0.15, 0.2) is 24.3 Å². The van der Waals surface area contributed by atoms with Crippen LogP contribution in [-0.2, 0) is 9.53 Å². The van der Waals surface area contributed by atoms with Crippen LogP contribution in [0.5, 0.6) is 5.75 Å².